The van der Waals surface area contributed by atoms with Gasteiger partial charge in [0.15, 0.2) is 0 Å². The summed E-state index contributed by atoms with van der Waals surface area (Å²) in [4.78, 5) is 35.7. The van der Waals surface area contributed by atoms with E-state index in [0.717, 1.165) is 57.1 Å². The van der Waals surface area contributed by atoms with E-state index < -0.39 is 0 Å². The standard InChI is InChI=1S/C28H38O6/c1-16(29)32-18-10-12-28(4)21-11-13-27(3)20(8-9-22(27)24-6-5-7-26(31)34-24)19(21)15-25(23(28)14-18)33-17(2)30/h5-7,18-23,25H,8-15H2,1-4H3/t18-,19+,20+,21+,22-,23+,25+,27+,28-/m1/s1. The van der Waals surface area contributed by atoms with Crippen LogP contribution in [0.15, 0.2) is 27.4 Å². The van der Waals surface area contributed by atoms with E-state index in [2.05, 4.69) is 13.8 Å². The van der Waals surface area contributed by atoms with Crippen LogP contribution in [0.3, 0.4) is 0 Å². The van der Waals surface area contributed by atoms with Crippen LogP contribution in [0.5, 0.6) is 0 Å². The monoisotopic (exact) mass is 470 g/mol. The van der Waals surface area contributed by atoms with Crippen LogP contribution < -0.4 is 5.63 Å². The first kappa shape index (κ1) is 23.6. The van der Waals surface area contributed by atoms with Gasteiger partial charge in [-0.2, -0.15) is 0 Å². The quantitative estimate of drug-likeness (QED) is 0.562. The molecule has 4 aliphatic carbocycles. The van der Waals surface area contributed by atoms with Crippen molar-refractivity contribution in [1.82, 2.24) is 0 Å². The molecule has 0 spiro atoms. The summed E-state index contributed by atoms with van der Waals surface area (Å²) in [5.74, 6) is 2.41. The van der Waals surface area contributed by atoms with Gasteiger partial charge >= 0.3 is 17.6 Å². The van der Waals surface area contributed by atoms with Crippen molar-refractivity contribution in [2.45, 2.75) is 97.2 Å². The molecule has 0 radical (unpaired) electrons. The van der Waals surface area contributed by atoms with Crippen LogP contribution in [0, 0.1) is 34.5 Å². The molecule has 0 saturated heterocycles. The lowest BCUT2D eigenvalue weighted by atomic mass is 9.44. The summed E-state index contributed by atoms with van der Waals surface area (Å²) < 4.78 is 17.3. The van der Waals surface area contributed by atoms with Crippen molar-refractivity contribution in [3.63, 3.8) is 0 Å². The predicted octanol–water partition coefficient (Wildman–Crippen LogP) is 5.24. The molecule has 0 aliphatic heterocycles. The van der Waals surface area contributed by atoms with Gasteiger partial charge in [0.2, 0.25) is 0 Å². The maximum Gasteiger partial charge on any atom is 0.335 e. The Hall–Kier alpha value is -2.11. The first-order valence-corrected chi connectivity index (χ1v) is 13.1. The highest BCUT2D eigenvalue weighted by atomic mass is 16.5. The third kappa shape index (κ3) is 3.81. The summed E-state index contributed by atoms with van der Waals surface area (Å²) in [6.07, 6.45) is 7.71. The van der Waals surface area contributed by atoms with Crippen molar-refractivity contribution in [2.75, 3.05) is 0 Å². The maximum atomic E-state index is 12.1. The van der Waals surface area contributed by atoms with Gasteiger partial charge in [0.05, 0.1) is 0 Å². The van der Waals surface area contributed by atoms with Crippen molar-refractivity contribution in [3.8, 4) is 0 Å². The first-order valence-electron chi connectivity index (χ1n) is 13.1. The topological polar surface area (TPSA) is 82.8 Å². The molecule has 6 nitrogen and oxygen atoms in total. The van der Waals surface area contributed by atoms with Crippen LogP contribution in [0.4, 0.5) is 0 Å². The summed E-state index contributed by atoms with van der Waals surface area (Å²) >= 11 is 0. The summed E-state index contributed by atoms with van der Waals surface area (Å²) in [5, 5.41) is 0. The highest BCUT2D eigenvalue weighted by Crippen LogP contribution is 2.69. The third-order valence-electron chi connectivity index (χ3n) is 10.3. The average molecular weight is 471 g/mol. The molecule has 9 atom stereocenters. The van der Waals surface area contributed by atoms with Crippen molar-refractivity contribution < 1.29 is 23.5 Å². The number of hydrogen-bond acceptors (Lipinski definition) is 6. The fraction of sp³-hybridized carbons (Fsp3) is 0.750. The second-order valence-corrected chi connectivity index (χ2v) is 11.9. The largest absolute Gasteiger partial charge is 0.463 e. The van der Waals surface area contributed by atoms with Crippen LogP contribution >= 0.6 is 0 Å². The van der Waals surface area contributed by atoms with Gasteiger partial charge in [-0.3, -0.25) is 9.59 Å². The molecular formula is C28H38O6. The van der Waals surface area contributed by atoms with Crippen molar-refractivity contribution in [1.29, 1.82) is 0 Å². The number of carbonyl (C=O) groups excluding carboxylic acids is 2. The molecule has 0 aromatic carbocycles. The Morgan fingerprint density at radius 3 is 2.29 bits per heavy atom. The van der Waals surface area contributed by atoms with E-state index in [1.807, 2.05) is 12.1 Å². The molecule has 5 rings (SSSR count). The Bertz CT molecular complexity index is 1010. The van der Waals surface area contributed by atoms with Gasteiger partial charge in [0, 0.05) is 31.7 Å². The Morgan fingerprint density at radius 2 is 1.59 bits per heavy atom. The maximum absolute atomic E-state index is 12.1. The molecule has 0 bridgehead atoms. The molecule has 4 aliphatic rings. The lowest BCUT2D eigenvalue weighted by molar-refractivity contribution is -0.195. The molecule has 1 aromatic heterocycles. The molecule has 1 heterocycles. The molecule has 4 saturated carbocycles. The van der Waals surface area contributed by atoms with Crippen LogP contribution in [0.2, 0.25) is 0 Å². The van der Waals surface area contributed by atoms with E-state index in [1.54, 1.807) is 0 Å². The molecule has 0 unspecified atom stereocenters. The summed E-state index contributed by atoms with van der Waals surface area (Å²) in [7, 11) is 0. The minimum Gasteiger partial charge on any atom is -0.463 e. The van der Waals surface area contributed by atoms with Gasteiger partial charge in [-0.1, -0.05) is 19.9 Å². The van der Waals surface area contributed by atoms with Crippen molar-refractivity contribution in [2.24, 2.45) is 34.5 Å². The number of ether oxygens (including phenoxy) is 2. The van der Waals surface area contributed by atoms with Crippen molar-refractivity contribution in [3.05, 3.63) is 34.4 Å². The van der Waals surface area contributed by atoms with Crippen LogP contribution in [-0.4, -0.2) is 24.1 Å². The van der Waals surface area contributed by atoms with Gasteiger partial charge in [-0.25, -0.2) is 4.79 Å². The lowest BCUT2D eigenvalue weighted by Gasteiger charge is -2.62. The number of hydrogen-bond donors (Lipinski definition) is 0. The SMILES string of the molecule is CC(=O)O[C@@H]1CC[C@]2(C)[C@H]3CC[C@]4(C)[C@@H](c5cccc(=O)o5)CC[C@H]4[C@@H]3C[C@H](OC(C)=O)[C@@H]2C1. The third-order valence-corrected chi connectivity index (χ3v) is 10.3. The van der Waals surface area contributed by atoms with Gasteiger partial charge in [-0.15, -0.1) is 0 Å². The number of fused-ring (bicyclic) bond motifs is 5. The zero-order valence-electron chi connectivity index (χ0n) is 20.9. The smallest absolute Gasteiger partial charge is 0.335 e. The average Bonchev–Trinajstić information content (AvgIpc) is 3.11. The molecule has 4 fully saturated rings. The second-order valence-electron chi connectivity index (χ2n) is 11.9. The predicted molar refractivity (Wildman–Crippen MR) is 126 cm³/mol. The Morgan fingerprint density at radius 1 is 0.882 bits per heavy atom. The minimum atomic E-state index is -0.272. The molecule has 1 aromatic rings. The van der Waals surface area contributed by atoms with Crippen LogP contribution in [-0.2, 0) is 19.1 Å². The van der Waals surface area contributed by atoms with E-state index in [0.29, 0.717) is 17.8 Å². The molecule has 186 valence electrons. The van der Waals surface area contributed by atoms with Gasteiger partial charge < -0.3 is 13.9 Å². The lowest BCUT2D eigenvalue weighted by Crippen LogP contribution is -2.59. The van der Waals surface area contributed by atoms with Crippen LogP contribution in [0.25, 0.3) is 0 Å². The van der Waals surface area contributed by atoms with E-state index in [-0.39, 0.29) is 52.4 Å². The zero-order valence-corrected chi connectivity index (χ0v) is 20.9. The fourth-order valence-electron chi connectivity index (χ4n) is 8.98. The van der Waals surface area contributed by atoms with Gasteiger partial charge in [-0.05, 0) is 86.0 Å². The summed E-state index contributed by atoms with van der Waals surface area (Å²) in [6, 6.07) is 5.27. The van der Waals surface area contributed by atoms with E-state index in [4.69, 9.17) is 13.9 Å². The molecule has 6 heteroatoms. The number of rotatable bonds is 3. The summed E-state index contributed by atoms with van der Waals surface area (Å²) in [6.45, 7) is 7.77. The minimum absolute atomic E-state index is 0.0679. The van der Waals surface area contributed by atoms with E-state index >= 15 is 0 Å². The number of carbonyl (C=O) groups is 2. The first-order chi connectivity index (χ1) is 16.1. The highest BCUT2D eigenvalue weighted by Gasteiger charge is 2.63. The molecular weight excluding hydrogens is 432 g/mol. The summed E-state index contributed by atoms with van der Waals surface area (Å²) in [5.41, 5.74) is -0.124. The molecule has 0 amide bonds. The second kappa shape index (κ2) is 8.53. The van der Waals surface area contributed by atoms with Crippen molar-refractivity contribution >= 4 is 11.9 Å². The van der Waals surface area contributed by atoms with E-state index in [9.17, 15) is 14.4 Å². The molecule has 0 N–H and O–H groups in total. The van der Waals surface area contributed by atoms with Crippen LogP contribution in [0.1, 0.15) is 90.7 Å². The molecule has 34 heavy (non-hydrogen) atoms. The van der Waals surface area contributed by atoms with Gasteiger partial charge in [0.25, 0.3) is 0 Å². The zero-order chi connectivity index (χ0) is 24.3. The number of esters is 2. The highest BCUT2D eigenvalue weighted by molar-refractivity contribution is 5.66. The van der Waals surface area contributed by atoms with E-state index in [1.165, 1.54) is 19.9 Å². The Labute approximate surface area is 201 Å². The fourth-order valence-corrected chi connectivity index (χ4v) is 8.98. The normalized spacial score (nSPS) is 43.2. The van der Waals surface area contributed by atoms with Gasteiger partial charge in [0.1, 0.15) is 18.0 Å². The Balaban J connectivity index is 1.45. The Kier molecular flexibility index (Phi) is 5.92.